The molecule has 1 fully saturated rings. The molecule has 5 rings (SSSR count). The quantitative estimate of drug-likeness (QED) is 0.136. The summed E-state index contributed by atoms with van der Waals surface area (Å²) in [5.41, 5.74) is 3.31. The zero-order chi connectivity index (χ0) is 28.6. The first-order valence-electron chi connectivity index (χ1n) is 14.8. The molecule has 1 unspecified atom stereocenters. The van der Waals surface area contributed by atoms with Crippen molar-refractivity contribution in [3.8, 4) is 11.5 Å². The molecule has 0 bridgehead atoms. The van der Waals surface area contributed by atoms with Gasteiger partial charge in [-0.1, -0.05) is 67.9 Å². The lowest BCUT2D eigenvalue weighted by atomic mass is 9.94. The van der Waals surface area contributed by atoms with Crippen LogP contribution in [0.4, 0.5) is 5.95 Å². The van der Waals surface area contributed by atoms with Crippen molar-refractivity contribution in [2.24, 2.45) is 0 Å². The number of nitrogens with one attached hydrogen (secondary N) is 1. The first kappa shape index (κ1) is 29.0. The van der Waals surface area contributed by atoms with Gasteiger partial charge in [0, 0.05) is 11.4 Å². The highest BCUT2D eigenvalue weighted by Crippen LogP contribution is 2.40. The summed E-state index contributed by atoms with van der Waals surface area (Å²) in [4.78, 5) is 18.6. The SMILES string of the molecule is CCCCOc1ccc(C2C(C(=O)OC3CCCCC3)=C(C)Nc3nc(SCc4ccccc4)nn32)cc1OCC. The van der Waals surface area contributed by atoms with E-state index in [-0.39, 0.29) is 12.1 Å². The summed E-state index contributed by atoms with van der Waals surface area (Å²) in [6.07, 6.45) is 7.14. The van der Waals surface area contributed by atoms with Gasteiger partial charge in [0.05, 0.1) is 18.8 Å². The maximum absolute atomic E-state index is 13.8. The van der Waals surface area contributed by atoms with Crippen molar-refractivity contribution in [3.05, 3.63) is 70.9 Å². The lowest BCUT2D eigenvalue weighted by molar-refractivity contribution is -0.146. The van der Waals surface area contributed by atoms with Crippen molar-refractivity contribution in [2.75, 3.05) is 18.5 Å². The van der Waals surface area contributed by atoms with E-state index in [4.69, 9.17) is 24.3 Å². The Labute approximate surface area is 246 Å². The molecule has 41 heavy (non-hydrogen) atoms. The molecule has 2 heterocycles. The van der Waals surface area contributed by atoms with E-state index >= 15 is 0 Å². The summed E-state index contributed by atoms with van der Waals surface area (Å²) >= 11 is 1.57. The van der Waals surface area contributed by atoms with Crippen LogP contribution in [0.2, 0.25) is 0 Å². The molecular weight excluding hydrogens is 536 g/mol. The minimum atomic E-state index is -0.523. The maximum Gasteiger partial charge on any atom is 0.338 e. The van der Waals surface area contributed by atoms with Gasteiger partial charge < -0.3 is 19.5 Å². The number of thioether (sulfide) groups is 1. The Kier molecular flexibility index (Phi) is 9.88. The first-order valence-corrected chi connectivity index (χ1v) is 15.8. The topological polar surface area (TPSA) is 87.5 Å². The lowest BCUT2D eigenvalue weighted by Crippen LogP contribution is -2.32. The number of ether oxygens (including phenoxy) is 3. The largest absolute Gasteiger partial charge is 0.490 e. The average Bonchev–Trinajstić information content (AvgIpc) is 3.39. The van der Waals surface area contributed by atoms with Crippen LogP contribution < -0.4 is 14.8 Å². The number of aromatic nitrogens is 3. The average molecular weight is 577 g/mol. The number of hydrogen-bond acceptors (Lipinski definition) is 8. The summed E-state index contributed by atoms with van der Waals surface area (Å²) in [5, 5.41) is 8.86. The summed E-state index contributed by atoms with van der Waals surface area (Å²) in [6, 6.07) is 15.6. The second-order valence-electron chi connectivity index (χ2n) is 10.5. The van der Waals surface area contributed by atoms with Crippen LogP contribution in [0.3, 0.4) is 0 Å². The highest BCUT2D eigenvalue weighted by atomic mass is 32.2. The van der Waals surface area contributed by atoms with Crippen molar-refractivity contribution >= 4 is 23.7 Å². The third-order valence-corrected chi connectivity index (χ3v) is 8.34. The van der Waals surface area contributed by atoms with E-state index in [9.17, 15) is 4.79 Å². The van der Waals surface area contributed by atoms with E-state index in [2.05, 4.69) is 24.4 Å². The fourth-order valence-corrected chi connectivity index (χ4v) is 6.08. The van der Waals surface area contributed by atoms with Crippen LogP contribution in [-0.4, -0.2) is 40.1 Å². The molecule has 0 radical (unpaired) electrons. The van der Waals surface area contributed by atoms with Crippen LogP contribution in [0.15, 0.2) is 65.0 Å². The van der Waals surface area contributed by atoms with Crippen LogP contribution in [-0.2, 0) is 15.3 Å². The van der Waals surface area contributed by atoms with Gasteiger partial charge in [0.1, 0.15) is 12.1 Å². The molecule has 1 N–H and O–H groups in total. The molecular formula is C32H40N4O4S. The normalized spacial score (nSPS) is 17.1. The van der Waals surface area contributed by atoms with E-state index in [0.29, 0.717) is 41.4 Å². The van der Waals surface area contributed by atoms with Crippen molar-refractivity contribution in [3.63, 3.8) is 0 Å². The predicted octanol–water partition coefficient (Wildman–Crippen LogP) is 7.31. The third-order valence-electron chi connectivity index (χ3n) is 7.43. The molecule has 0 spiro atoms. The second-order valence-corrected chi connectivity index (χ2v) is 11.5. The number of unbranched alkanes of at least 4 members (excludes halogenated alkanes) is 1. The van der Waals surface area contributed by atoms with Crippen LogP contribution in [0, 0.1) is 0 Å². The number of nitrogens with zero attached hydrogens (tertiary/aromatic N) is 3. The molecule has 2 aromatic carbocycles. The summed E-state index contributed by atoms with van der Waals surface area (Å²) < 4.78 is 19.9. The van der Waals surface area contributed by atoms with Crippen molar-refractivity contribution in [1.82, 2.24) is 14.8 Å². The Balaban J connectivity index is 1.49. The van der Waals surface area contributed by atoms with Gasteiger partial charge in [-0.05, 0) is 69.2 Å². The third kappa shape index (κ3) is 7.07. The number of carbonyl (C=O) groups is 1. The molecule has 0 amide bonds. The number of anilines is 1. The number of esters is 1. The van der Waals surface area contributed by atoms with Gasteiger partial charge in [0.2, 0.25) is 11.1 Å². The maximum atomic E-state index is 13.8. The second kappa shape index (κ2) is 13.9. The van der Waals surface area contributed by atoms with E-state index in [1.807, 2.05) is 50.2 Å². The minimum Gasteiger partial charge on any atom is -0.490 e. The number of benzene rings is 2. The summed E-state index contributed by atoms with van der Waals surface area (Å²) in [7, 11) is 0. The van der Waals surface area contributed by atoms with E-state index in [0.717, 1.165) is 55.5 Å². The number of carbonyl (C=O) groups excluding carboxylic acids is 1. The van der Waals surface area contributed by atoms with Crippen molar-refractivity contribution in [1.29, 1.82) is 0 Å². The van der Waals surface area contributed by atoms with Gasteiger partial charge in [0.15, 0.2) is 11.5 Å². The molecule has 1 aliphatic heterocycles. The fraction of sp³-hybridized carbons (Fsp3) is 0.469. The minimum absolute atomic E-state index is 0.0559. The van der Waals surface area contributed by atoms with Gasteiger partial charge in [-0.2, -0.15) is 4.98 Å². The molecule has 3 aromatic rings. The Morgan fingerprint density at radius 2 is 1.85 bits per heavy atom. The first-order chi connectivity index (χ1) is 20.1. The van der Waals surface area contributed by atoms with Crippen LogP contribution in [0.5, 0.6) is 11.5 Å². The predicted molar refractivity (Wildman–Crippen MR) is 161 cm³/mol. The molecule has 8 nitrogen and oxygen atoms in total. The molecule has 1 aromatic heterocycles. The van der Waals surface area contributed by atoms with E-state index in [1.165, 1.54) is 12.0 Å². The fourth-order valence-electron chi connectivity index (χ4n) is 5.29. The number of fused-ring (bicyclic) bond motifs is 1. The Hall–Kier alpha value is -3.46. The monoisotopic (exact) mass is 576 g/mol. The summed E-state index contributed by atoms with van der Waals surface area (Å²) in [5.74, 6) is 2.38. The van der Waals surface area contributed by atoms with Gasteiger partial charge in [0.25, 0.3) is 0 Å². The van der Waals surface area contributed by atoms with Crippen molar-refractivity contribution < 1.29 is 19.0 Å². The van der Waals surface area contributed by atoms with Gasteiger partial charge in [-0.15, -0.1) is 5.10 Å². The number of allylic oxidation sites excluding steroid dienone is 1. The lowest BCUT2D eigenvalue weighted by Gasteiger charge is -2.30. The molecule has 1 aliphatic carbocycles. The molecule has 0 saturated heterocycles. The highest BCUT2D eigenvalue weighted by molar-refractivity contribution is 7.98. The summed E-state index contributed by atoms with van der Waals surface area (Å²) in [6.45, 7) is 7.12. The Morgan fingerprint density at radius 3 is 2.61 bits per heavy atom. The highest BCUT2D eigenvalue weighted by Gasteiger charge is 2.37. The molecule has 1 atom stereocenters. The zero-order valence-electron chi connectivity index (χ0n) is 24.2. The van der Waals surface area contributed by atoms with Gasteiger partial charge in [-0.25, -0.2) is 9.48 Å². The number of hydrogen-bond donors (Lipinski definition) is 1. The van der Waals surface area contributed by atoms with E-state index in [1.54, 1.807) is 16.4 Å². The Bertz CT molecular complexity index is 1350. The zero-order valence-corrected chi connectivity index (χ0v) is 25.0. The molecule has 2 aliphatic rings. The van der Waals surface area contributed by atoms with E-state index < -0.39 is 6.04 Å². The van der Waals surface area contributed by atoms with Crippen LogP contribution in [0.25, 0.3) is 0 Å². The van der Waals surface area contributed by atoms with Crippen molar-refractivity contribution in [2.45, 2.75) is 88.8 Å². The Morgan fingerprint density at radius 1 is 1.05 bits per heavy atom. The van der Waals surface area contributed by atoms with Crippen LogP contribution >= 0.6 is 11.8 Å². The standard InChI is InChI=1S/C32H40N4O4S/c1-4-6-19-39-26-18-17-24(20-27(26)38-5-2)29-28(30(37)40-25-15-11-8-12-16-25)22(3)33-31-34-32(35-36(29)31)41-21-23-13-9-7-10-14-23/h7,9-10,13-14,17-18,20,25,29H,4-6,8,11-12,15-16,19,21H2,1-3H3,(H,33,34,35). The molecule has 218 valence electrons. The smallest absolute Gasteiger partial charge is 0.338 e. The van der Waals surface area contributed by atoms with Crippen LogP contribution in [0.1, 0.15) is 82.9 Å². The van der Waals surface area contributed by atoms with Gasteiger partial charge >= 0.3 is 5.97 Å². The molecule has 9 heteroatoms. The number of rotatable bonds is 12. The molecule has 1 saturated carbocycles. The van der Waals surface area contributed by atoms with Gasteiger partial charge in [-0.3, -0.25) is 0 Å².